The van der Waals surface area contributed by atoms with Crippen LogP contribution in [0.3, 0.4) is 0 Å². The number of benzene rings is 2. The minimum Gasteiger partial charge on any atom is -0.489 e. The van der Waals surface area contributed by atoms with Crippen molar-refractivity contribution in [2.45, 2.75) is 39.5 Å². The highest BCUT2D eigenvalue weighted by molar-refractivity contribution is 6.33. The average Bonchev–Trinajstić information content (AvgIpc) is 2.49. The second-order valence-corrected chi connectivity index (χ2v) is 5.55. The van der Waals surface area contributed by atoms with Crippen LogP contribution in [0.1, 0.15) is 39.5 Å². The van der Waals surface area contributed by atoms with Crippen LogP contribution in [0.15, 0.2) is 30.3 Å². The van der Waals surface area contributed by atoms with Gasteiger partial charge in [0.1, 0.15) is 0 Å². The summed E-state index contributed by atoms with van der Waals surface area (Å²) in [5.41, 5.74) is 0. The summed E-state index contributed by atoms with van der Waals surface area (Å²) in [6.45, 7) is 5.64. The molecule has 0 unspecified atom stereocenters. The van der Waals surface area contributed by atoms with E-state index >= 15 is 0 Å². The van der Waals surface area contributed by atoms with E-state index in [0.717, 1.165) is 42.2 Å². The van der Waals surface area contributed by atoms with Crippen LogP contribution < -0.4 is 9.47 Å². The van der Waals surface area contributed by atoms with Crippen LogP contribution in [0.25, 0.3) is 10.8 Å². The third-order valence-electron chi connectivity index (χ3n) is 3.40. The Morgan fingerprint density at radius 3 is 2.19 bits per heavy atom. The molecule has 3 heteroatoms. The molecule has 0 saturated heterocycles. The summed E-state index contributed by atoms with van der Waals surface area (Å²) in [4.78, 5) is 0. The molecule has 0 atom stereocenters. The molecule has 2 aromatic rings. The molecule has 0 bridgehead atoms. The number of hydrogen-bond acceptors (Lipinski definition) is 2. The van der Waals surface area contributed by atoms with Crippen LogP contribution in [-0.2, 0) is 0 Å². The molecule has 114 valence electrons. The fourth-order valence-corrected chi connectivity index (χ4v) is 2.44. The smallest absolute Gasteiger partial charge is 0.180 e. The third-order valence-corrected chi connectivity index (χ3v) is 3.68. The van der Waals surface area contributed by atoms with Gasteiger partial charge in [-0.25, -0.2) is 0 Å². The predicted octanol–water partition coefficient (Wildman–Crippen LogP) is 5.85. The lowest BCUT2D eigenvalue weighted by Gasteiger charge is -2.16. The Hall–Kier alpha value is -1.41. The van der Waals surface area contributed by atoms with Crippen LogP contribution in [-0.4, -0.2) is 13.2 Å². The van der Waals surface area contributed by atoms with Crippen LogP contribution in [0.5, 0.6) is 11.5 Å². The van der Waals surface area contributed by atoms with E-state index in [9.17, 15) is 0 Å². The van der Waals surface area contributed by atoms with E-state index in [-0.39, 0.29) is 0 Å². The minimum atomic E-state index is 0.622. The average molecular weight is 307 g/mol. The Bertz CT molecular complexity index is 581. The van der Waals surface area contributed by atoms with Gasteiger partial charge in [0.25, 0.3) is 0 Å². The zero-order valence-electron chi connectivity index (χ0n) is 12.8. The zero-order chi connectivity index (χ0) is 15.1. The van der Waals surface area contributed by atoms with E-state index in [1.165, 1.54) is 0 Å². The van der Waals surface area contributed by atoms with Gasteiger partial charge in [-0.2, -0.15) is 0 Å². The Morgan fingerprint density at radius 2 is 1.52 bits per heavy atom. The quantitative estimate of drug-likeness (QED) is 0.569. The SMILES string of the molecule is CCCCOc1c(Cl)cc2ccccc2c1OCCCC. The first-order valence-electron chi connectivity index (χ1n) is 7.74. The Labute approximate surface area is 132 Å². The summed E-state index contributed by atoms with van der Waals surface area (Å²) in [7, 11) is 0. The maximum atomic E-state index is 6.40. The fraction of sp³-hybridized carbons (Fsp3) is 0.444. The molecular weight excluding hydrogens is 284 g/mol. The second kappa shape index (κ2) is 8.14. The topological polar surface area (TPSA) is 18.5 Å². The molecule has 0 N–H and O–H groups in total. The first-order chi connectivity index (χ1) is 10.3. The van der Waals surface area contributed by atoms with Crippen molar-refractivity contribution in [3.8, 4) is 11.5 Å². The van der Waals surface area contributed by atoms with E-state index in [0.29, 0.717) is 24.0 Å². The molecule has 0 aromatic heterocycles. The number of ether oxygens (including phenoxy) is 2. The van der Waals surface area contributed by atoms with Gasteiger partial charge < -0.3 is 9.47 Å². The number of fused-ring (bicyclic) bond motifs is 1. The summed E-state index contributed by atoms with van der Waals surface area (Å²) in [5, 5.41) is 2.76. The highest BCUT2D eigenvalue weighted by Gasteiger charge is 2.15. The molecule has 0 radical (unpaired) electrons. The van der Waals surface area contributed by atoms with Crippen LogP contribution in [0.2, 0.25) is 5.02 Å². The molecule has 0 heterocycles. The van der Waals surface area contributed by atoms with Gasteiger partial charge >= 0.3 is 0 Å². The highest BCUT2D eigenvalue weighted by atomic mass is 35.5. The largest absolute Gasteiger partial charge is 0.489 e. The van der Waals surface area contributed by atoms with Gasteiger partial charge in [0.05, 0.1) is 18.2 Å². The molecule has 2 rings (SSSR count). The molecular formula is C18H23ClO2. The van der Waals surface area contributed by atoms with Gasteiger partial charge in [0.15, 0.2) is 11.5 Å². The lowest BCUT2D eigenvalue weighted by atomic mass is 10.1. The molecule has 0 saturated carbocycles. The molecule has 2 aromatic carbocycles. The monoisotopic (exact) mass is 306 g/mol. The Morgan fingerprint density at radius 1 is 0.905 bits per heavy atom. The second-order valence-electron chi connectivity index (χ2n) is 5.14. The lowest BCUT2D eigenvalue weighted by molar-refractivity contribution is 0.265. The van der Waals surface area contributed by atoms with Crippen LogP contribution in [0.4, 0.5) is 0 Å². The van der Waals surface area contributed by atoms with Crippen molar-refractivity contribution in [1.82, 2.24) is 0 Å². The first-order valence-corrected chi connectivity index (χ1v) is 8.12. The summed E-state index contributed by atoms with van der Waals surface area (Å²) in [5.74, 6) is 1.46. The maximum Gasteiger partial charge on any atom is 0.180 e. The molecule has 2 nitrogen and oxygen atoms in total. The number of rotatable bonds is 8. The Kier molecular flexibility index (Phi) is 6.19. The molecule has 21 heavy (non-hydrogen) atoms. The maximum absolute atomic E-state index is 6.40. The molecule has 0 aliphatic rings. The van der Waals surface area contributed by atoms with Crippen LogP contribution in [0, 0.1) is 0 Å². The minimum absolute atomic E-state index is 0.622. The molecule has 0 aliphatic carbocycles. The fourth-order valence-electron chi connectivity index (χ4n) is 2.18. The van der Waals surface area contributed by atoms with E-state index < -0.39 is 0 Å². The summed E-state index contributed by atoms with van der Waals surface area (Å²) in [6.07, 6.45) is 4.23. The first kappa shape index (κ1) is 16.0. The van der Waals surface area contributed by atoms with Gasteiger partial charge in [0, 0.05) is 5.39 Å². The standard InChI is InChI=1S/C18H23ClO2/c1-3-5-11-20-17-15-10-8-7-9-14(15)13-16(19)18(17)21-12-6-4-2/h7-10,13H,3-6,11-12H2,1-2H3. The summed E-state index contributed by atoms with van der Waals surface area (Å²) >= 11 is 6.40. The summed E-state index contributed by atoms with van der Waals surface area (Å²) in [6, 6.07) is 10.1. The van der Waals surface area contributed by atoms with Crippen molar-refractivity contribution < 1.29 is 9.47 Å². The molecule has 0 aliphatic heterocycles. The van der Waals surface area contributed by atoms with Crippen molar-refractivity contribution in [1.29, 1.82) is 0 Å². The van der Waals surface area contributed by atoms with Gasteiger partial charge in [-0.15, -0.1) is 0 Å². The normalized spacial score (nSPS) is 10.8. The molecule has 0 spiro atoms. The van der Waals surface area contributed by atoms with Crippen molar-refractivity contribution in [2.75, 3.05) is 13.2 Å². The van der Waals surface area contributed by atoms with Gasteiger partial charge in [-0.05, 0) is 24.3 Å². The van der Waals surface area contributed by atoms with Crippen molar-refractivity contribution in [2.24, 2.45) is 0 Å². The van der Waals surface area contributed by atoms with Gasteiger partial charge in [-0.3, -0.25) is 0 Å². The van der Waals surface area contributed by atoms with E-state index in [1.54, 1.807) is 0 Å². The van der Waals surface area contributed by atoms with Crippen molar-refractivity contribution in [3.63, 3.8) is 0 Å². The van der Waals surface area contributed by atoms with Gasteiger partial charge in [0.2, 0.25) is 0 Å². The van der Waals surface area contributed by atoms with E-state index in [1.807, 2.05) is 24.3 Å². The van der Waals surface area contributed by atoms with E-state index in [2.05, 4.69) is 19.9 Å². The Balaban J connectivity index is 2.37. The zero-order valence-corrected chi connectivity index (χ0v) is 13.6. The van der Waals surface area contributed by atoms with Crippen molar-refractivity contribution in [3.05, 3.63) is 35.4 Å². The number of unbranched alkanes of at least 4 members (excludes halogenated alkanes) is 2. The van der Waals surface area contributed by atoms with Gasteiger partial charge in [-0.1, -0.05) is 62.6 Å². The lowest BCUT2D eigenvalue weighted by Crippen LogP contribution is -2.03. The predicted molar refractivity (Wildman–Crippen MR) is 89.8 cm³/mol. The summed E-state index contributed by atoms with van der Waals surface area (Å²) < 4.78 is 11.9. The van der Waals surface area contributed by atoms with Crippen LogP contribution >= 0.6 is 11.6 Å². The number of halogens is 1. The van der Waals surface area contributed by atoms with Crippen molar-refractivity contribution >= 4 is 22.4 Å². The third kappa shape index (κ3) is 4.04. The molecule has 0 amide bonds. The highest BCUT2D eigenvalue weighted by Crippen LogP contribution is 2.42. The molecule has 0 fully saturated rings. The number of hydrogen-bond donors (Lipinski definition) is 0. The van der Waals surface area contributed by atoms with E-state index in [4.69, 9.17) is 21.1 Å².